The van der Waals surface area contributed by atoms with E-state index in [1.165, 1.54) is 10.6 Å². The number of sulfonamides is 1. The molecule has 2 rings (SSSR count). The van der Waals surface area contributed by atoms with Crippen LogP contribution in [0.5, 0.6) is 0 Å². The fourth-order valence-corrected chi connectivity index (χ4v) is 2.99. The molecule has 1 aliphatic heterocycles. The van der Waals surface area contributed by atoms with Gasteiger partial charge in [-0.1, -0.05) is 0 Å². The van der Waals surface area contributed by atoms with Crippen molar-refractivity contribution in [1.82, 2.24) is 9.79 Å². The average Bonchev–Trinajstić information content (AvgIpc) is 2.46. The highest BCUT2D eigenvalue weighted by molar-refractivity contribution is 7.88. The van der Waals surface area contributed by atoms with E-state index in [1.54, 1.807) is 29.7 Å². The largest absolute Gasteiger partial charge is 0.369 e. The predicted molar refractivity (Wildman–Crippen MR) is 74.3 cm³/mol. The number of carbonyl (C=O) groups is 1. The number of amides is 1. The molecule has 0 radical (unpaired) electrons. The topological polar surface area (TPSA) is 90.0 Å². The first-order valence-corrected chi connectivity index (χ1v) is 8.01. The molecule has 110 valence electrons. The molecule has 7 nitrogen and oxygen atoms in total. The molecular weight excluding hydrogens is 282 g/mol. The minimum absolute atomic E-state index is 0.367. The number of piperazine rings is 1. The number of nitrogens with zero attached hydrogens (tertiary/aromatic N) is 2. The summed E-state index contributed by atoms with van der Waals surface area (Å²) in [6.45, 7) is 2.13. The summed E-state index contributed by atoms with van der Waals surface area (Å²) in [4.78, 5) is 13.3. The summed E-state index contributed by atoms with van der Waals surface area (Å²) < 4.78 is 24.3. The van der Waals surface area contributed by atoms with Gasteiger partial charge in [-0.15, -0.1) is 0 Å². The number of hydrogen-bond acceptors (Lipinski definition) is 5. The molecule has 1 amide bonds. The van der Waals surface area contributed by atoms with E-state index in [0.717, 1.165) is 5.69 Å². The van der Waals surface area contributed by atoms with Crippen LogP contribution in [0, 0.1) is 0 Å². The lowest BCUT2D eigenvalue weighted by Crippen LogP contribution is -2.48. The molecule has 1 aromatic rings. The number of hydrogen-bond donors (Lipinski definition) is 2. The van der Waals surface area contributed by atoms with Gasteiger partial charge in [0.2, 0.25) is 10.0 Å². The third kappa shape index (κ3) is 3.27. The Balaban J connectivity index is 2.02. The lowest BCUT2D eigenvalue weighted by atomic mass is 10.2. The summed E-state index contributed by atoms with van der Waals surface area (Å²) in [6, 6.07) is 6.79. The van der Waals surface area contributed by atoms with Crippen molar-refractivity contribution in [1.29, 1.82) is 0 Å². The zero-order valence-electron chi connectivity index (χ0n) is 11.1. The van der Waals surface area contributed by atoms with Gasteiger partial charge >= 0.3 is 0 Å². The zero-order valence-corrected chi connectivity index (χ0v) is 11.9. The van der Waals surface area contributed by atoms with Gasteiger partial charge in [-0.05, 0) is 24.3 Å². The minimum Gasteiger partial charge on any atom is -0.369 e. The lowest BCUT2D eigenvalue weighted by Gasteiger charge is -2.34. The third-order valence-electron chi connectivity index (χ3n) is 3.30. The average molecular weight is 299 g/mol. The van der Waals surface area contributed by atoms with E-state index >= 15 is 0 Å². The molecule has 1 saturated heterocycles. The van der Waals surface area contributed by atoms with Crippen LogP contribution in [-0.4, -0.2) is 56.3 Å². The Morgan fingerprint density at radius 2 is 1.70 bits per heavy atom. The number of carbonyl (C=O) groups excluding carboxylic acids is 1. The van der Waals surface area contributed by atoms with Crippen LogP contribution in [0.4, 0.5) is 5.69 Å². The number of rotatable bonds is 3. The third-order valence-corrected chi connectivity index (χ3v) is 4.61. The first-order chi connectivity index (χ1) is 9.41. The van der Waals surface area contributed by atoms with Crippen molar-refractivity contribution in [3.05, 3.63) is 29.8 Å². The molecule has 0 spiro atoms. The van der Waals surface area contributed by atoms with E-state index < -0.39 is 15.9 Å². The summed E-state index contributed by atoms with van der Waals surface area (Å²) in [6.07, 6.45) is 1.21. The molecular formula is C12H17N3O4S. The first-order valence-electron chi connectivity index (χ1n) is 6.16. The highest BCUT2D eigenvalue weighted by atomic mass is 32.2. The number of nitrogens with one attached hydrogen (secondary N) is 1. The monoisotopic (exact) mass is 299 g/mol. The van der Waals surface area contributed by atoms with Gasteiger partial charge in [0, 0.05) is 37.4 Å². The molecule has 0 aromatic heterocycles. The van der Waals surface area contributed by atoms with Gasteiger partial charge in [0.25, 0.3) is 5.91 Å². The van der Waals surface area contributed by atoms with Gasteiger partial charge in [-0.25, -0.2) is 13.9 Å². The van der Waals surface area contributed by atoms with Crippen LogP contribution in [-0.2, 0) is 10.0 Å². The second kappa shape index (κ2) is 5.78. The van der Waals surface area contributed by atoms with Crippen molar-refractivity contribution in [2.24, 2.45) is 0 Å². The van der Waals surface area contributed by atoms with Crippen molar-refractivity contribution in [2.45, 2.75) is 0 Å². The maximum Gasteiger partial charge on any atom is 0.274 e. The number of hydroxylamine groups is 1. The molecule has 0 bridgehead atoms. The molecule has 2 N–H and O–H groups in total. The van der Waals surface area contributed by atoms with E-state index in [1.807, 2.05) is 0 Å². The molecule has 8 heteroatoms. The van der Waals surface area contributed by atoms with Crippen molar-refractivity contribution >= 4 is 21.6 Å². The molecule has 1 heterocycles. The van der Waals surface area contributed by atoms with Gasteiger partial charge in [-0.3, -0.25) is 10.0 Å². The van der Waals surface area contributed by atoms with Gasteiger partial charge in [0.1, 0.15) is 0 Å². The lowest BCUT2D eigenvalue weighted by molar-refractivity contribution is 0.0706. The number of anilines is 1. The van der Waals surface area contributed by atoms with Crippen molar-refractivity contribution < 1.29 is 18.4 Å². The normalized spacial score (nSPS) is 17.0. The number of benzene rings is 1. The van der Waals surface area contributed by atoms with Crippen molar-refractivity contribution in [3.63, 3.8) is 0 Å². The smallest absolute Gasteiger partial charge is 0.274 e. The Morgan fingerprint density at radius 1 is 1.15 bits per heavy atom. The van der Waals surface area contributed by atoms with Gasteiger partial charge in [-0.2, -0.15) is 4.31 Å². The summed E-state index contributed by atoms with van der Waals surface area (Å²) in [7, 11) is -3.13. The molecule has 0 saturated carbocycles. The quantitative estimate of drug-likeness (QED) is 0.600. The van der Waals surface area contributed by atoms with E-state index in [0.29, 0.717) is 31.7 Å². The Morgan fingerprint density at radius 3 is 2.15 bits per heavy atom. The van der Waals surface area contributed by atoms with Crippen molar-refractivity contribution in [2.75, 3.05) is 37.3 Å². The van der Waals surface area contributed by atoms with Crippen LogP contribution in [0.25, 0.3) is 0 Å². The van der Waals surface area contributed by atoms with Crippen LogP contribution in [0.2, 0.25) is 0 Å². The van der Waals surface area contributed by atoms with Crippen LogP contribution in [0.3, 0.4) is 0 Å². The standard InChI is InChI=1S/C12H17N3O4S/c1-20(18,19)15-8-6-14(7-9-15)11-4-2-10(3-5-11)12(16)13-17/h2-5,17H,6-9H2,1H3,(H,13,16). The summed E-state index contributed by atoms with van der Waals surface area (Å²) >= 11 is 0. The molecule has 0 atom stereocenters. The van der Waals surface area contributed by atoms with Crippen molar-refractivity contribution in [3.8, 4) is 0 Å². The Labute approximate surface area is 117 Å². The van der Waals surface area contributed by atoms with Gasteiger partial charge < -0.3 is 4.90 Å². The maximum absolute atomic E-state index is 11.4. The fourth-order valence-electron chi connectivity index (χ4n) is 2.17. The minimum atomic E-state index is -3.13. The molecule has 1 fully saturated rings. The second-order valence-corrected chi connectivity index (χ2v) is 6.62. The molecule has 1 aromatic carbocycles. The predicted octanol–water partition coefficient (Wildman–Crippen LogP) is -0.113. The summed E-state index contributed by atoms with van der Waals surface area (Å²) in [5.41, 5.74) is 2.87. The first kappa shape index (κ1) is 14.8. The zero-order chi connectivity index (χ0) is 14.8. The maximum atomic E-state index is 11.4. The van der Waals surface area contributed by atoms with E-state index in [-0.39, 0.29) is 0 Å². The van der Waals surface area contributed by atoms with Crippen LogP contribution in [0.1, 0.15) is 10.4 Å². The van der Waals surface area contributed by atoms with E-state index in [4.69, 9.17) is 5.21 Å². The molecule has 0 unspecified atom stereocenters. The van der Waals surface area contributed by atoms with Gasteiger partial charge in [0.15, 0.2) is 0 Å². The van der Waals surface area contributed by atoms with Crippen LogP contribution < -0.4 is 10.4 Å². The van der Waals surface area contributed by atoms with Gasteiger partial charge in [0.05, 0.1) is 6.26 Å². The Hall–Kier alpha value is -1.64. The summed E-state index contributed by atoms with van der Waals surface area (Å²) in [5.74, 6) is -0.557. The van der Waals surface area contributed by atoms with E-state index in [9.17, 15) is 13.2 Å². The van der Waals surface area contributed by atoms with E-state index in [2.05, 4.69) is 4.90 Å². The van der Waals surface area contributed by atoms with Crippen LogP contribution >= 0.6 is 0 Å². The fraction of sp³-hybridized carbons (Fsp3) is 0.417. The molecule has 20 heavy (non-hydrogen) atoms. The second-order valence-electron chi connectivity index (χ2n) is 4.64. The highest BCUT2D eigenvalue weighted by Crippen LogP contribution is 2.18. The van der Waals surface area contributed by atoms with Crippen LogP contribution in [0.15, 0.2) is 24.3 Å². The SMILES string of the molecule is CS(=O)(=O)N1CCN(c2ccc(C(=O)NO)cc2)CC1. The molecule has 0 aliphatic carbocycles. The Bertz CT molecular complexity index is 577. The summed E-state index contributed by atoms with van der Waals surface area (Å²) in [5, 5.41) is 8.54. The highest BCUT2D eigenvalue weighted by Gasteiger charge is 2.23. The Kier molecular flexibility index (Phi) is 4.26. The molecule has 1 aliphatic rings.